The number of amides is 3. The molecule has 0 radical (unpaired) electrons. The number of hydrogen-bond donors (Lipinski definition) is 2. The second-order valence-corrected chi connectivity index (χ2v) is 7.88. The van der Waals surface area contributed by atoms with E-state index in [1.165, 1.54) is 12.1 Å². The first-order valence-corrected chi connectivity index (χ1v) is 10.3. The summed E-state index contributed by atoms with van der Waals surface area (Å²) in [6.07, 6.45) is 1.42. The highest BCUT2D eigenvalue weighted by atomic mass is 16.3. The summed E-state index contributed by atoms with van der Waals surface area (Å²) in [5.41, 5.74) is 1.46. The number of nitrogens with one attached hydrogen (secondary N) is 1. The average Bonchev–Trinajstić information content (AvgIpc) is 3.17. The first-order valence-electron chi connectivity index (χ1n) is 10.3. The Morgan fingerprint density at radius 1 is 0.933 bits per heavy atom. The molecule has 0 spiro atoms. The van der Waals surface area contributed by atoms with Crippen molar-refractivity contribution in [3.8, 4) is 5.75 Å². The van der Waals surface area contributed by atoms with Gasteiger partial charge in [-0.25, -0.2) is 0 Å². The van der Waals surface area contributed by atoms with Gasteiger partial charge in [0.05, 0.1) is 5.92 Å². The number of benzene rings is 2. The number of carbonyl (C=O) groups is 3. The summed E-state index contributed by atoms with van der Waals surface area (Å²) >= 11 is 0. The molecule has 0 bridgehead atoms. The van der Waals surface area contributed by atoms with Gasteiger partial charge >= 0.3 is 0 Å². The lowest BCUT2D eigenvalue weighted by molar-refractivity contribution is -0.138. The summed E-state index contributed by atoms with van der Waals surface area (Å²) in [7, 11) is 0. The molecule has 1 atom stereocenters. The first-order chi connectivity index (χ1) is 14.5. The van der Waals surface area contributed by atoms with Gasteiger partial charge in [0.15, 0.2) is 0 Å². The monoisotopic (exact) mass is 407 g/mol. The average molecular weight is 407 g/mol. The number of nitrogens with zero attached hydrogens (tertiary/aromatic N) is 2. The van der Waals surface area contributed by atoms with Gasteiger partial charge in [-0.3, -0.25) is 14.4 Å². The van der Waals surface area contributed by atoms with Crippen LogP contribution in [0.5, 0.6) is 5.75 Å². The van der Waals surface area contributed by atoms with Gasteiger partial charge in [0.1, 0.15) is 5.75 Å². The number of phenols is 1. The molecule has 3 amide bonds. The second kappa shape index (κ2) is 8.57. The summed E-state index contributed by atoms with van der Waals surface area (Å²) in [6.45, 7) is 1.44. The molecule has 2 heterocycles. The Morgan fingerprint density at radius 3 is 2.27 bits per heavy atom. The van der Waals surface area contributed by atoms with E-state index in [0.29, 0.717) is 38.2 Å². The highest BCUT2D eigenvalue weighted by Crippen LogP contribution is 2.28. The molecule has 0 saturated carbocycles. The van der Waals surface area contributed by atoms with Crippen LogP contribution in [0.1, 0.15) is 19.3 Å². The summed E-state index contributed by atoms with van der Waals surface area (Å²) in [5.74, 6) is -0.439. The van der Waals surface area contributed by atoms with E-state index in [1.54, 1.807) is 21.9 Å². The third-order valence-corrected chi connectivity index (χ3v) is 5.85. The maximum atomic E-state index is 12.9. The number of anilines is 2. The van der Waals surface area contributed by atoms with Gasteiger partial charge in [-0.2, -0.15) is 0 Å². The van der Waals surface area contributed by atoms with Gasteiger partial charge in [0.25, 0.3) is 0 Å². The Hall–Kier alpha value is -3.35. The number of rotatable bonds is 4. The van der Waals surface area contributed by atoms with Gasteiger partial charge in [-0.05, 0) is 49.2 Å². The van der Waals surface area contributed by atoms with Crippen molar-refractivity contribution in [1.29, 1.82) is 0 Å². The van der Waals surface area contributed by atoms with Gasteiger partial charge in [0, 0.05) is 43.3 Å². The van der Waals surface area contributed by atoms with Crippen molar-refractivity contribution in [3.05, 3.63) is 54.6 Å². The van der Waals surface area contributed by atoms with Crippen LogP contribution in [0.3, 0.4) is 0 Å². The third kappa shape index (κ3) is 4.30. The lowest BCUT2D eigenvalue weighted by atomic mass is 9.94. The third-order valence-electron chi connectivity index (χ3n) is 5.85. The molecule has 2 aliphatic rings. The van der Waals surface area contributed by atoms with E-state index in [0.717, 1.165) is 5.69 Å². The molecule has 2 N–H and O–H groups in total. The van der Waals surface area contributed by atoms with Crippen molar-refractivity contribution >= 4 is 29.1 Å². The van der Waals surface area contributed by atoms with Gasteiger partial charge in [-0.15, -0.1) is 0 Å². The van der Waals surface area contributed by atoms with E-state index in [1.807, 2.05) is 30.3 Å². The number of phenolic OH excluding ortho intramolecular Hbond substituents is 1. The molecule has 2 fully saturated rings. The fraction of sp³-hybridized carbons (Fsp3) is 0.348. The quantitative estimate of drug-likeness (QED) is 0.763. The van der Waals surface area contributed by atoms with Crippen LogP contribution < -0.4 is 10.2 Å². The van der Waals surface area contributed by atoms with Crippen molar-refractivity contribution in [2.45, 2.75) is 19.3 Å². The Labute approximate surface area is 175 Å². The number of piperidine rings is 1. The predicted octanol–water partition coefficient (Wildman–Crippen LogP) is 2.62. The Balaban J connectivity index is 1.29. The van der Waals surface area contributed by atoms with Crippen LogP contribution in [0.15, 0.2) is 54.6 Å². The van der Waals surface area contributed by atoms with Crippen molar-refractivity contribution in [1.82, 2.24) is 4.90 Å². The van der Waals surface area contributed by atoms with Crippen LogP contribution in [0.4, 0.5) is 11.4 Å². The normalized spacial score (nSPS) is 19.7. The molecule has 2 aromatic rings. The fourth-order valence-electron chi connectivity index (χ4n) is 4.14. The molecular formula is C23H25N3O4. The smallest absolute Gasteiger partial charge is 0.228 e. The van der Waals surface area contributed by atoms with Crippen LogP contribution in [0, 0.1) is 11.8 Å². The van der Waals surface area contributed by atoms with E-state index < -0.39 is 0 Å². The number of carbonyl (C=O) groups excluding carboxylic acids is 3. The number of para-hydroxylation sites is 1. The Morgan fingerprint density at radius 2 is 1.60 bits per heavy atom. The van der Waals surface area contributed by atoms with E-state index in [4.69, 9.17) is 0 Å². The second-order valence-electron chi connectivity index (χ2n) is 7.88. The number of hydrogen-bond acceptors (Lipinski definition) is 4. The zero-order chi connectivity index (χ0) is 21.1. The number of likely N-dealkylation sites (tertiary alicyclic amines) is 1. The topological polar surface area (TPSA) is 90.0 Å². The molecule has 7 nitrogen and oxygen atoms in total. The van der Waals surface area contributed by atoms with Crippen LogP contribution >= 0.6 is 0 Å². The standard InChI is InChI=1S/C23H25N3O4/c27-20-8-6-18(7-9-20)24-22(29)16-10-12-25(13-11-16)23(30)17-14-21(28)26(15-17)19-4-2-1-3-5-19/h1-9,16-17,27H,10-15H2,(H,24,29). The molecular weight excluding hydrogens is 382 g/mol. The first kappa shape index (κ1) is 19.9. The summed E-state index contributed by atoms with van der Waals surface area (Å²) in [5, 5.41) is 12.2. The van der Waals surface area contributed by atoms with Crippen molar-refractivity contribution in [3.63, 3.8) is 0 Å². The fourth-order valence-corrected chi connectivity index (χ4v) is 4.14. The highest BCUT2D eigenvalue weighted by molar-refractivity contribution is 6.00. The molecule has 2 aromatic carbocycles. The maximum Gasteiger partial charge on any atom is 0.228 e. The molecule has 30 heavy (non-hydrogen) atoms. The van der Waals surface area contributed by atoms with E-state index in [-0.39, 0.29) is 41.7 Å². The minimum absolute atomic E-state index is 0.000765. The van der Waals surface area contributed by atoms with E-state index in [9.17, 15) is 19.5 Å². The van der Waals surface area contributed by atoms with E-state index >= 15 is 0 Å². The zero-order valence-electron chi connectivity index (χ0n) is 16.7. The SMILES string of the molecule is O=C(Nc1ccc(O)cc1)C1CCN(C(=O)C2CC(=O)N(c3ccccc3)C2)CC1. The number of aromatic hydroxyl groups is 1. The highest BCUT2D eigenvalue weighted by Gasteiger charge is 2.38. The van der Waals surface area contributed by atoms with Crippen molar-refractivity contribution in [2.24, 2.45) is 11.8 Å². The van der Waals surface area contributed by atoms with Crippen molar-refractivity contribution < 1.29 is 19.5 Å². The molecule has 0 aromatic heterocycles. The largest absolute Gasteiger partial charge is 0.508 e. The van der Waals surface area contributed by atoms with Crippen LogP contribution in [-0.4, -0.2) is 47.4 Å². The molecule has 7 heteroatoms. The van der Waals surface area contributed by atoms with Gasteiger partial charge < -0.3 is 20.2 Å². The minimum Gasteiger partial charge on any atom is -0.508 e. The molecule has 2 saturated heterocycles. The van der Waals surface area contributed by atoms with Gasteiger partial charge in [0.2, 0.25) is 17.7 Å². The summed E-state index contributed by atoms with van der Waals surface area (Å²) in [6, 6.07) is 15.8. The van der Waals surface area contributed by atoms with Crippen molar-refractivity contribution in [2.75, 3.05) is 29.9 Å². The molecule has 4 rings (SSSR count). The van der Waals surface area contributed by atoms with Gasteiger partial charge in [-0.1, -0.05) is 18.2 Å². The molecule has 0 aliphatic carbocycles. The zero-order valence-corrected chi connectivity index (χ0v) is 16.7. The molecule has 1 unspecified atom stereocenters. The Kier molecular flexibility index (Phi) is 5.70. The van der Waals surface area contributed by atoms with Crippen LogP contribution in [-0.2, 0) is 14.4 Å². The predicted molar refractivity (Wildman–Crippen MR) is 113 cm³/mol. The molecule has 156 valence electrons. The minimum atomic E-state index is -0.333. The summed E-state index contributed by atoms with van der Waals surface area (Å²) < 4.78 is 0. The Bertz CT molecular complexity index is 921. The lowest BCUT2D eigenvalue weighted by Crippen LogP contribution is -2.44. The maximum absolute atomic E-state index is 12.9. The summed E-state index contributed by atoms with van der Waals surface area (Å²) in [4.78, 5) is 41.3. The molecule has 2 aliphatic heterocycles. The lowest BCUT2D eigenvalue weighted by Gasteiger charge is -2.33. The van der Waals surface area contributed by atoms with Crippen LogP contribution in [0.25, 0.3) is 0 Å². The van der Waals surface area contributed by atoms with Crippen LogP contribution in [0.2, 0.25) is 0 Å². The van der Waals surface area contributed by atoms with E-state index in [2.05, 4.69) is 5.32 Å².